The van der Waals surface area contributed by atoms with Crippen molar-refractivity contribution in [1.82, 2.24) is 4.98 Å². The van der Waals surface area contributed by atoms with E-state index in [1.54, 1.807) is 6.07 Å². The van der Waals surface area contributed by atoms with E-state index in [2.05, 4.69) is 10.1 Å². The summed E-state index contributed by atoms with van der Waals surface area (Å²) in [6.45, 7) is 0. The van der Waals surface area contributed by atoms with Gasteiger partial charge in [-0.25, -0.2) is 5.53 Å². The van der Waals surface area contributed by atoms with Crippen molar-refractivity contribution in [3.8, 4) is 5.75 Å². The van der Waals surface area contributed by atoms with Gasteiger partial charge in [-0.2, -0.15) is 0 Å². The van der Waals surface area contributed by atoms with E-state index in [-0.39, 0.29) is 21.0 Å². The lowest BCUT2D eigenvalue weighted by molar-refractivity contribution is 0.482. The van der Waals surface area contributed by atoms with Crippen LogP contribution in [0.15, 0.2) is 29.4 Å². The minimum Gasteiger partial charge on any atom is -0.504 e. The molecule has 0 aliphatic heterocycles. The van der Waals surface area contributed by atoms with Crippen LogP contribution < -0.4 is 0 Å². The third kappa shape index (κ3) is 1.54. The van der Waals surface area contributed by atoms with Crippen LogP contribution in [0.25, 0.3) is 10.9 Å². The molecule has 2 aromatic rings. The first-order valence-electron chi connectivity index (χ1n) is 3.50. The monoisotopic (exact) mass is 201 g/mol. The molecule has 3 N–H and O–H groups in total. The standard InChI is InChI=1S/C8H7N3O.2FH/c9-11-8-7(12)5-3-1-2-4-6(5)10-8;;/h1-4,9-10,12H;2*1H. The second-order valence-corrected chi connectivity index (χ2v) is 2.48. The summed E-state index contributed by atoms with van der Waals surface area (Å²) >= 11 is 0. The molecule has 0 bridgehead atoms. The van der Waals surface area contributed by atoms with E-state index >= 15 is 0 Å². The average molecular weight is 201 g/mol. The molecule has 1 aromatic carbocycles. The summed E-state index contributed by atoms with van der Waals surface area (Å²) in [4.78, 5) is 2.81. The fraction of sp³-hybridized carbons (Fsp3) is 0. The van der Waals surface area contributed by atoms with E-state index in [1.165, 1.54) is 0 Å². The van der Waals surface area contributed by atoms with Gasteiger partial charge in [-0.3, -0.25) is 9.41 Å². The molecule has 0 aliphatic rings. The molecule has 0 saturated carbocycles. The molecule has 0 unspecified atom stereocenters. The molecule has 0 aliphatic carbocycles. The highest BCUT2D eigenvalue weighted by atomic mass is 19.0. The maximum Gasteiger partial charge on any atom is 0.195 e. The van der Waals surface area contributed by atoms with E-state index in [9.17, 15) is 5.11 Å². The normalized spacial score (nSPS) is 8.86. The zero-order valence-electron chi connectivity index (χ0n) is 7.02. The summed E-state index contributed by atoms with van der Waals surface area (Å²) in [5, 5.41) is 13.3. The number of aromatic hydroxyl groups is 1. The number of halogens is 2. The van der Waals surface area contributed by atoms with Gasteiger partial charge >= 0.3 is 0 Å². The molecule has 6 heteroatoms. The lowest BCUT2D eigenvalue weighted by Gasteiger charge is -1.86. The summed E-state index contributed by atoms with van der Waals surface area (Å²) in [7, 11) is 0. The molecular formula is C8H9F2N3O. The molecule has 0 fully saturated rings. The molecule has 4 nitrogen and oxygen atoms in total. The number of benzene rings is 1. The molecule has 0 spiro atoms. The van der Waals surface area contributed by atoms with Crippen LogP contribution in [0.1, 0.15) is 0 Å². The molecule has 14 heavy (non-hydrogen) atoms. The predicted octanol–water partition coefficient (Wildman–Crippen LogP) is 2.84. The van der Waals surface area contributed by atoms with E-state index in [1.807, 2.05) is 18.2 Å². The Labute approximate surface area is 77.8 Å². The van der Waals surface area contributed by atoms with Gasteiger partial charge < -0.3 is 10.1 Å². The number of hydrogen-bond acceptors (Lipinski definition) is 3. The van der Waals surface area contributed by atoms with Crippen molar-refractivity contribution in [2.24, 2.45) is 5.11 Å². The Hall–Kier alpha value is -1.98. The number of rotatable bonds is 1. The van der Waals surface area contributed by atoms with Gasteiger partial charge in [0.1, 0.15) is 0 Å². The predicted molar refractivity (Wildman–Crippen MR) is 49.8 cm³/mol. The largest absolute Gasteiger partial charge is 0.504 e. The summed E-state index contributed by atoms with van der Waals surface area (Å²) in [6, 6.07) is 7.27. The summed E-state index contributed by atoms with van der Waals surface area (Å²) < 4.78 is 0. The summed E-state index contributed by atoms with van der Waals surface area (Å²) in [5.41, 5.74) is 7.54. The Bertz CT molecular complexity index is 441. The van der Waals surface area contributed by atoms with Crippen molar-refractivity contribution in [3.05, 3.63) is 24.3 Å². The van der Waals surface area contributed by atoms with Crippen LogP contribution >= 0.6 is 0 Å². The Kier molecular flexibility index (Phi) is 3.70. The van der Waals surface area contributed by atoms with Gasteiger partial charge in [-0.05, 0) is 12.1 Å². The minimum absolute atomic E-state index is 0. The first kappa shape index (κ1) is 12.0. The molecule has 0 saturated heterocycles. The van der Waals surface area contributed by atoms with Gasteiger partial charge in [0.25, 0.3) is 0 Å². The lowest BCUT2D eigenvalue weighted by Crippen LogP contribution is -1.63. The van der Waals surface area contributed by atoms with Crippen LogP contribution in [-0.4, -0.2) is 10.1 Å². The van der Waals surface area contributed by atoms with E-state index in [4.69, 9.17) is 5.53 Å². The third-order valence-corrected chi connectivity index (χ3v) is 1.77. The molecule has 0 amide bonds. The van der Waals surface area contributed by atoms with Gasteiger partial charge in [0.15, 0.2) is 11.6 Å². The molecular weight excluding hydrogens is 192 g/mol. The highest BCUT2D eigenvalue weighted by molar-refractivity contribution is 5.90. The zero-order chi connectivity index (χ0) is 8.55. The Morgan fingerprint density at radius 3 is 2.43 bits per heavy atom. The molecule has 0 atom stereocenters. The smallest absolute Gasteiger partial charge is 0.195 e. The van der Waals surface area contributed by atoms with Crippen LogP contribution in [0.5, 0.6) is 5.75 Å². The molecule has 0 radical (unpaired) electrons. The quantitative estimate of drug-likeness (QED) is 0.610. The number of nitrogens with one attached hydrogen (secondary N) is 2. The first-order valence-corrected chi connectivity index (χ1v) is 3.50. The maximum absolute atomic E-state index is 9.44. The van der Waals surface area contributed by atoms with Crippen LogP contribution in [-0.2, 0) is 0 Å². The Morgan fingerprint density at radius 2 is 1.86 bits per heavy atom. The third-order valence-electron chi connectivity index (χ3n) is 1.77. The lowest BCUT2D eigenvalue weighted by atomic mass is 10.2. The van der Waals surface area contributed by atoms with Crippen molar-refractivity contribution in [2.45, 2.75) is 0 Å². The number of nitrogens with zero attached hydrogens (tertiary/aromatic N) is 1. The van der Waals surface area contributed by atoms with Gasteiger partial charge in [0, 0.05) is 5.39 Å². The van der Waals surface area contributed by atoms with Crippen LogP contribution in [0, 0.1) is 5.53 Å². The number of aromatic nitrogens is 1. The van der Waals surface area contributed by atoms with E-state index in [0.717, 1.165) is 5.52 Å². The van der Waals surface area contributed by atoms with E-state index in [0.29, 0.717) is 5.39 Å². The highest BCUT2D eigenvalue weighted by Gasteiger charge is 2.07. The van der Waals surface area contributed by atoms with Gasteiger partial charge in [0.05, 0.1) is 5.52 Å². The highest BCUT2D eigenvalue weighted by Crippen LogP contribution is 2.33. The molecule has 76 valence electrons. The van der Waals surface area contributed by atoms with E-state index < -0.39 is 0 Å². The number of aromatic amines is 1. The second-order valence-electron chi connectivity index (χ2n) is 2.48. The molecule has 1 aromatic heterocycles. The topological polar surface area (TPSA) is 72.2 Å². The van der Waals surface area contributed by atoms with Gasteiger partial charge in [-0.15, -0.1) is 5.11 Å². The number of H-pyrrole nitrogens is 1. The van der Waals surface area contributed by atoms with Crippen molar-refractivity contribution in [3.63, 3.8) is 0 Å². The Balaban J connectivity index is 0.000000845. The van der Waals surface area contributed by atoms with Crippen LogP contribution in [0.4, 0.5) is 15.2 Å². The minimum atomic E-state index is 0. The maximum atomic E-state index is 9.44. The summed E-state index contributed by atoms with van der Waals surface area (Å²) in [6.07, 6.45) is 0. The summed E-state index contributed by atoms with van der Waals surface area (Å²) in [5.74, 6) is 0.247. The Morgan fingerprint density at radius 1 is 1.21 bits per heavy atom. The van der Waals surface area contributed by atoms with Crippen molar-refractivity contribution < 1.29 is 14.5 Å². The number of para-hydroxylation sites is 1. The van der Waals surface area contributed by atoms with Gasteiger partial charge in [0.2, 0.25) is 0 Å². The second kappa shape index (κ2) is 4.31. The fourth-order valence-electron chi connectivity index (χ4n) is 1.19. The fourth-order valence-corrected chi connectivity index (χ4v) is 1.19. The van der Waals surface area contributed by atoms with Gasteiger partial charge in [-0.1, -0.05) is 12.1 Å². The van der Waals surface area contributed by atoms with Crippen molar-refractivity contribution in [2.75, 3.05) is 0 Å². The number of fused-ring (bicyclic) bond motifs is 1. The first-order chi connectivity index (χ1) is 5.83. The molecule has 1 heterocycles. The van der Waals surface area contributed by atoms with Crippen molar-refractivity contribution in [1.29, 1.82) is 5.53 Å². The zero-order valence-corrected chi connectivity index (χ0v) is 7.02. The number of hydrogen-bond donors (Lipinski definition) is 3. The SMILES string of the molecule is F.F.N=Nc1[nH]c2ccccc2c1O. The van der Waals surface area contributed by atoms with Crippen LogP contribution in [0.3, 0.4) is 0 Å². The van der Waals surface area contributed by atoms with Crippen molar-refractivity contribution >= 4 is 16.7 Å². The average Bonchev–Trinajstić information content (AvgIpc) is 2.44. The van der Waals surface area contributed by atoms with Crippen LogP contribution in [0.2, 0.25) is 0 Å². The molecule has 2 rings (SSSR count).